The zero-order valence-electron chi connectivity index (χ0n) is 10.9. The first-order valence-electron chi connectivity index (χ1n) is 5.98. The molecule has 0 saturated carbocycles. The van der Waals surface area contributed by atoms with Crippen molar-refractivity contribution in [1.82, 2.24) is 10.2 Å². The average molecular weight is 314 g/mol. The fourth-order valence-corrected chi connectivity index (χ4v) is 1.97. The lowest BCUT2D eigenvalue weighted by Gasteiger charge is -2.10. The van der Waals surface area contributed by atoms with Crippen LogP contribution in [0.4, 0.5) is 5.69 Å². The highest BCUT2D eigenvalue weighted by atomic mass is 79.9. The number of unbranched alkanes of at least 4 members (excludes halogenated alkanes) is 1. The summed E-state index contributed by atoms with van der Waals surface area (Å²) in [6.07, 6.45) is 2.05. The molecule has 0 radical (unpaired) electrons. The number of nitrogens with one attached hydrogen (secondary N) is 1. The summed E-state index contributed by atoms with van der Waals surface area (Å²) in [4.78, 5) is 14.0. The lowest BCUT2D eigenvalue weighted by Crippen LogP contribution is -2.26. The summed E-state index contributed by atoms with van der Waals surface area (Å²) in [5, 5.41) is 2.88. The van der Waals surface area contributed by atoms with Gasteiger partial charge in [0.05, 0.1) is 5.56 Å². The number of carbonyl (C=O) groups is 1. The van der Waals surface area contributed by atoms with Gasteiger partial charge in [-0.2, -0.15) is 0 Å². The summed E-state index contributed by atoms with van der Waals surface area (Å²) < 4.78 is 0.877. The minimum absolute atomic E-state index is 0.107. The Morgan fingerprint density at radius 1 is 1.39 bits per heavy atom. The Morgan fingerprint density at radius 2 is 2.11 bits per heavy atom. The SMILES string of the molecule is CN(C)CCCCNC(=O)c1ccc(Br)cc1N. The topological polar surface area (TPSA) is 58.4 Å². The average Bonchev–Trinajstić information content (AvgIpc) is 2.27. The molecule has 0 spiro atoms. The summed E-state index contributed by atoms with van der Waals surface area (Å²) in [5.74, 6) is -0.107. The number of rotatable bonds is 6. The number of nitrogen functional groups attached to an aromatic ring is 1. The van der Waals surface area contributed by atoms with Crippen molar-refractivity contribution in [3.8, 4) is 0 Å². The molecule has 1 aromatic carbocycles. The molecule has 5 heteroatoms. The van der Waals surface area contributed by atoms with Crippen molar-refractivity contribution in [2.45, 2.75) is 12.8 Å². The fraction of sp³-hybridized carbons (Fsp3) is 0.462. The molecule has 0 bridgehead atoms. The third-order valence-electron chi connectivity index (χ3n) is 2.58. The highest BCUT2D eigenvalue weighted by Crippen LogP contribution is 2.18. The highest BCUT2D eigenvalue weighted by Gasteiger charge is 2.08. The molecule has 3 N–H and O–H groups in total. The van der Waals surface area contributed by atoms with Crippen LogP contribution in [0.2, 0.25) is 0 Å². The number of benzene rings is 1. The van der Waals surface area contributed by atoms with Gasteiger partial charge in [0.15, 0.2) is 0 Å². The lowest BCUT2D eigenvalue weighted by molar-refractivity contribution is 0.0953. The van der Waals surface area contributed by atoms with Gasteiger partial charge in [0.2, 0.25) is 0 Å². The van der Waals surface area contributed by atoms with E-state index in [1.54, 1.807) is 12.1 Å². The monoisotopic (exact) mass is 313 g/mol. The van der Waals surface area contributed by atoms with Crippen LogP contribution in [0.25, 0.3) is 0 Å². The maximum Gasteiger partial charge on any atom is 0.253 e. The number of carbonyl (C=O) groups excluding carboxylic acids is 1. The molecule has 18 heavy (non-hydrogen) atoms. The van der Waals surface area contributed by atoms with E-state index in [4.69, 9.17) is 5.73 Å². The van der Waals surface area contributed by atoms with E-state index in [1.807, 2.05) is 20.2 Å². The van der Waals surface area contributed by atoms with Crippen LogP contribution < -0.4 is 11.1 Å². The van der Waals surface area contributed by atoms with Gasteiger partial charge in [-0.3, -0.25) is 4.79 Å². The minimum Gasteiger partial charge on any atom is -0.398 e. The number of hydrogen-bond donors (Lipinski definition) is 2. The van der Waals surface area contributed by atoms with Gasteiger partial charge in [-0.05, 0) is 51.7 Å². The molecule has 0 unspecified atom stereocenters. The second kappa shape index (κ2) is 7.38. The van der Waals surface area contributed by atoms with Crippen molar-refractivity contribution in [1.29, 1.82) is 0 Å². The van der Waals surface area contributed by atoms with Crippen LogP contribution in [0.5, 0.6) is 0 Å². The molecule has 1 amide bonds. The van der Waals surface area contributed by atoms with Crippen LogP contribution in [0.3, 0.4) is 0 Å². The molecule has 0 aromatic heterocycles. The van der Waals surface area contributed by atoms with Gasteiger partial charge in [0.1, 0.15) is 0 Å². The molecule has 1 rings (SSSR count). The summed E-state index contributed by atoms with van der Waals surface area (Å²) in [6.45, 7) is 1.72. The lowest BCUT2D eigenvalue weighted by atomic mass is 10.1. The van der Waals surface area contributed by atoms with Crippen molar-refractivity contribution in [2.75, 3.05) is 32.9 Å². The predicted molar refractivity (Wildman–Crippen MR) is 78.7 cm³/mol. The van der Waals surface area contributed by atoms with Gasteiger partial charge >= 0.3 is 0 Å². The molecule has 0 atom stereocenters. The van der Waals surface area contributed by atoms with Crippen molar-refractivity contribution >= 4 is 27.5 Å². The van der Waals surface area contributed by atoms with Crippen LogP contribution in [-0.2, 0) is 0 Å². The maximum atomic E-state index is 11.9. The molecule has 0 aliphatic heterocycles. The van der Waals surface area contributed by atoms with E-state index in [0.717, 1.165) is 23.9 Å². The van der Waals surface area contributed by atoms with Gasteiger partial charge < -0.3 is 16.0 Å². The smallest absolute Gasteiger partial charge is 0.253 e. The molecule has 1 aromatic rings. The van der Waals surface area contributed by atoms with Gasteiger partial charge in [0, 0.05) is 16.7 Å². The predicted octanol–water partition coefficient (Wildman–Crippen LogP) is 2.10. The zero-order chi connectivity index (χ0) is 13.5. The molecule has 0 fully saturated rings. The van der Waals surface area contributed by atoms with Crippen LogP contribution >= 0.6 is 15.9 Å². The minimum atomic E-state index is -0.107. The second-order valence-corrected chi connectivity index (χ2v) is 5.41. The van der Waals surface area contributed by atoms with Gasteiger partial charge in [0.25, 0.3) is 5.91 Å². The van der Waals surface area contributed by atoms with Crippen LogP contribution in [-0.4, -0.2) is 38.0 Å². The first kappa shape index (κ1) is 15.0. The van der Waals surface area contributed by atoms with E-state index in [9.17, 15) is 4.79 Å². The number of hydrogen-bond acceptors (Lipinski definition) is 3. The van der Waals surface area contributed by atoms with E-state index in [2.05, 4.69) is 26.1 Å². The van der Waals surface area contributed by atoms with E-state index in [-0.39, 0.29) is 5.91 Å². The molecule has 0 aliphatic rings. The van der Waals surface area contributed by atoms with Crippen molar-refractivity contribution in [2.24, 2.45) is 0 Å². The van der Waals surface area contributed by atoms with E-state index < -0.39 is 0 Å². The Bertz CT molecular complexity index is 407. The Morgan fingerprint density at radius 3 is 2.72 bits per heavy atom. The Labute approximate surface area is 117 Å². The maximum absolute atomic E-state index is 11.9. The molecular formula is C13H20BrN3O. The third-order valence-corrected chi connectivity index (χ3v) is 3.07. The number of nitrogens with zero attached hydrogens (tertiary/aromatic N) is 1. The zero-order valence-corrected chi connectivity index (χ0v) is 12.5. The molecule has 100 valence electrons. The van der Waals surface area contributed by atoms with Gasteiger partial charge in [-0.15, -0.1) is 0 Å². The van der Waals surface area contributed by atoms with Crippen LogP contribution in [0.1, 0.15) is 23.2 Å². The summed E-state index contributed by atoms with van der Waals surface area (Å²) in [5.41, 5.74) is 6.82. The van der Waals surface area contributed by atoms with E-state index in [0.29, 0.717) is 17.8 Å². The molecular weight excluding hydrogens is 294 g/mol. The van der Waals surface area contributed by atoms with Gasteiger partial charge in [-0.1, -0.05) is 15.9 Å². The summed E-state index contributed by atoms with van der Waals surface area (Å²) >= 11 is 3.32. The van der Waals surface area contributed by atoms with E-state index in [1.165, 1.54) is 0 Å². The molecule has 0 heterocycles. The van der Waals surface area contributed by atoms with Crippen molar-refractivity contribution < 1.29 is 4.79 Å². The van der Waals surface area contributed by atoms with Crippen molar-refractivity contribution in [3.63, 3.8) is 0 Å². The number of amides is 1. The first-order valence-corrected chi connectivity index (χ1v) is 6.78. The normalized spacial score (nSPS) is 10.7. The van der Waals surface area contributed by atoms with Crippen LogP contribution in [0.15, 0.2) is 22.7 Å². The summed E-state index contributed by atoms with van der Waals surface area (Å²) in [6, 6.07) is 5.28. The standard InChI is InChI=1S/C13H20BrN3O/c1-17(2)8-4-3-7-16-13(18)11-6-5-10(14)9-12(11)15/h5-6,9H,3-4,7-8,15H2,1-2H3,(H,16,18). The Balaban J connectivity index is 2.36. The first-order chi connectivity index (χ1) is 8.50. The number of halogens is 1. The second-order valence-electron chi connectivity index (χ2n) is 4.50. The third kappa shape index (κ3) is 5.06. The number of anilines is 1. The summed E-state index contributed by atoms with van der Waals surface area (Å²) in [7, 11) is 4.09. The molecule has 4 nitrogen and oxygen atoms in total. The number of nitrogens with two attached hydrogens (primary N) is 1. The molecule has 0 saturated heterocycles. The quantitative estimate of drug-likeness (QED) is 0.624. The highest BCUT2D eigenvalue weighted by molar-refractivity contribution is 9.10. The Kier molecular flexibility index (Phi) is 6.15. The van der Waals surface area contributed by atoms with E-state index >= 15 is 0 Å². The molecule has 0 aliphatic carbocycles. The Hall–Kier alpha value is -1.07. The fourth-order valence-electron chi connectivity index (χ4n) is 1.59. The largest absolute Gasteiger partial charge is 0.398 e. The van der Waals surface area contributed by atoms with Crippen LogP contribution in [0, 0.1) is 0 Å². The van der Waals surface area contributed by atoms with Gasteiger partial charge in [-0.25, -0.2) is 0 Å². The van der Waals surface area contributed by atoms with Crippen molar-refractivity contribution in [3.05, 3.63) is 28.2 Å².